The number of amidine groups is 1. The monoisotopic (exact) mass is 484 g/mol. The minimum absolute atomic E-state index is 0.0372. The fraction of sp³-hybridized carbons (Fsp3) is 0.263. The second kappa shape index (κ2) is 8.70. The summed E-state index contributed by atoms with van der Waals surface area (Å²) in [5.74, 6) is -1.70. The molecule has 0 saturated heterocycles. The molecule has 1 aliphatic heterocycles. The van der Waals surface area contributed by atoms with Gasteiger partial charge in [0, 0.05) is 28.4 Å². The van der Waals surface area contributed by atoms with Gasteiger partial charge in [-0.15, -0.1) is 0 Å². The van der Waals surface area contributed by atoms with Crippen molar-refractivity contribution < 1.29 is 35.5 Å². The van der Waals surface area contributed by atoms with Gasteiger partial charge in [-0.05, 0) is 30.3 Å². The van der Waals surface area contributed by atoms with E-state index in [4.69, 9.17) is 11.6 Å². The molecule has 0 aliphatic carbocycles. The van der Waals surface area contributed by atoms with Gasteiger partial charge in [0.15, 0.2) is 5.17 Å². The molecule has 0 atom stereocenters. The standard InChI is InChI=1S/C19H12ClF7N2OS/c20-14-2-1-3-15(21)13(14)9-31-17-28-4-5-29(17)16(30)10-6-11(18(22,23)24)8-12(7-10)19(25,26)27/h1-3,6-8H,4-5,9H2. The summed E-state index contributed by atoms with van der Waals surface area (Å²) in [5.41, 5.74) is -3.82. The maximum absolute atomic E-state index is 13.9. The largest absolute Gasteiger partial charge is 0.416 e. The Morgan fingerprint density at radius 3 is 2.23 bits per heavy atom. The van der Waals surface area contributed by atoms with Gasteiger partial charge in [-0.1, -0.05) is 29.4 Å². The molecule has 1 heterocycles. The predicted octanol–water partition coefficient (Wildman–Crippen LogP) is 6.26. The number of hydrogen-bond donors (Lipinski definition) is 0. The minimum atomic E-state index is -5.07. The maximum Gasteiger partial charge on any atom is 0.416 e. The second-order valence-corrected chi connectivity index (χ2v) is 7.75. The average Bonchev–Trinajstić information content (AvgIpc) is 3.14. The summed E-state index contributed by atoms with van der Waals surface area (Å²) in [4.78, 5) is 17.8. The second-order valence-electron chi connectivity index (χ2n) is 6.40. The highest BCUT2D eigenvalue weighted by atomic mass is 35.5. The Hall–Kier alpha value is -2.27. The lowest BCUT2D eigenvalue weighted by Crippen LogP contribution is -2.33. The van der Waals surface area contributed by atoms with Crippen LogP contribution in [0.5, 0.6) is 0 Å². The number of aliphatic imine (C=N–C) groups is 1. The van der Waals surface area contributed by atoms with Crippen molar-refractivity contribution >= 4 is 34.4 Å². The van der Waals surface area contributed by atoms with E-state index in [1.807, 2.05) is 0 Å². The molecule has 12 heteroatoms. The van der Waals surface area contributed by atoms with Gasteiger partial charge in [0.1, 0.15) is 5.82 Å². The number of halogens is 8. The Bertz CT molecular complexity index is 984. The zero-order chi connectivity index (χ0) is 23.0. The quantitative estimate of drug-likeness (QED) is 0.482. The first-order valence-electron chi connectivity index (χ1n) is 8.59. The first kappa shape index (κ1) is 23.4. The van der Waals surface area contributed by atoms with Gasteiger partial charge in [-0.2, -0.15) is 26.3 Å². The fourth-order valence-electron chi connectivity index (χ4n) is 2.78. The molecular formula is C19H12ClF7N2OS. The van der Waals surface area contributed by atoms with E-state index in [0.717, 1.165) is 16.7 Å². The van der Waals surface area contributed by atoms with E-state index < -0.39 is 40.8 Å². The normalized spacial score (nSPS) is 14.7. The molecule has 3 nitrogen and oxygen atoms in total. The van der Waals surface area contributed by atoms with Crippen LogP contribution in [-0.4, -0.2) is 29.1 Å². The van der Waals surface area contributed by atoms with E-state index in [0.29, 0.717) is 12.1 Å². The SMILES string of the molecule is O=C(c1cc(C(F)(F)F)cc(C(F)(F)F)c1)N1CCN=C1SCc1c(F)cccc1Cl. The predicted molar refractivity (Wildman–Crippen MR) is 102 cm³/mol. The van der Waals surface area contributed by atoms with Gasteiger partial charge in [0.25, 0.3) is 5.91 Å². The molecule has 2 aromatic rings. The van der Waals surface area contributed by atoms with E-state index >= 15 is 0 Å². The highest BCUT2D eigenvalue weighted by Crippen LogP contribution is 2.37. The smallest absolute Gasteiger partial charge is 0.286 e. The molecule has 0 aromatic heterocycles. The number of carbonyl (C=O) groups excluding carboxylic acids is 1. The Labute approximate surface area is 180 Å². The number of amides is 1. The van der Waals surface area contributed by atoms with Gasteiger partial charge < -0.3 is 0 Å². The number of rotatable bonds is 3. The maximum atomic E-state index is 13.9. The lowest BCUT2D eigenvalue weighted by molar-refractivity contribution is -0.143. The Kier molecular flexibility index (Phi) is 6.56. The minimum Gasteiger partial charge on any atom is -0.286 e. The van der Waals surface area contributed by atoms with Crippen molar-refractivity contribution in [1.82, 2.24) is 4.90 Å². The molecule has 166 valence electrons. The molecule has 31 heavy (non-hydrogen) atoms. The lowest BCUT2D eigenvalue weighted by atomic mass is 10.0. The number of thioether (sulfide) groups is 1. The summed E-state index contributed by atoms with van der Waals surface area (Å²) < 4.78 is 92.3. The summed E-state index contributed by atoms with van der Waals surface area (Å²) in [7, 11) is 0. The summed E-state index contributed by atoms with van der Waals surface area (Å²) in [6.07, 6.45) is -10.1. The topological polar surface area (TPSA) is 32.7 Å². The summed E-state index contributed by atoms with van der Waals surface area (Å²) >= 11 is 6.85. The molecule has 1 aliphatic rings. The third-order valence-corrected chi connectivity index (χ3v) is 5.68. The lowest BCUT2D eigenvalue weighted by Gasteiger charge is -2.20. The molecule has 0 spiro atoms. The van der Waals surface area contributed by atoms with Crippen molar-refractivity contribution in [3.63, 3.8) is 0 Å². The van der Waals surface area contributed by atoms with Crippen LogP contribution in [0.2, 0.25) is 5.02 Å². The first-order valence-corrected chi connectivity index (χ1v) is 9.96. The molecule has 0 bridgehead atoms. The summed E-state index contributed by atoms with van der Waals surface area (Å²) in [6, 6.07) is 4.73. The van der Waals surface area contributed by atoms with Gasteiger partial charge >= 0.3 is 12.4 Å². The van der Waals surface area contributed by atoms with E-state index in [1.54, 1.807) is 0 Å². The van der Waals surface area contributed by atoms with Crippen molar-refractivity contribution in [3.8, 4) is 0 Å². The van der Waals surface area contributed by atoms with Crippen LogP contribution in [-0.2, 0) is 18.1 Å². The van der Waals surface area contributed by atoms with Gasteiger partial charge in [-0.25, -0.2) is 4.39 Å². The van der Waals surface area contributed by atoms with E-state index in [1.165, 1.54) is 18.2 Å². The Morgan fingerprint density at radius 1 is 1.06 bits per heavy atom. The van der Waals surface area contributed by atoms with Gasteiger partial charge in [0.05, 0.1) is 17.7 Å². The zero-order valence-corrected chi connectivity index (χ0v) is 16.9. The molecule has 1 amide bonds. The molecule has 0 N–H and O–H groups in total. The molecule has 2 aromatic carbocycles. The van der Waals surface area contributed by atoms with Crippen molar-refractivity contribution in [2.24, 2.45) is 4.99 Å². The van der Waals surface area contributed by atoms with Crippen LogP contribution in [0.25, 0.3) is 0 Å². The summed E-state index contributed by atoms with van der Waals surface area (Å²) in [6.45, 7) is 0.0634. The number of hydrogen-bond acceptors (Lipinski definition) is 3. The van der Waals surface area contributed by atoms with Gasteiger partial charge in [0.2, 0.25) is 0 Å². The molecule has 0 saturated carbocycles. The van der Waals surface area contributed by atoms with Crippen LogP contribution in [0.4, 0.5) is 30.7 Å². The number of carbonyl (C=O) groups is 1. The van der Waals surface area contributed by atoms with E-state index in [9.17, 15) is 35.5 Å². The third-order valence-electron chi connectivity index (χ3n) is 4.29. The highest BCUT2D eigenvalue weighted by Gasteiger charge is 2.38. The van der Waals surface area contributed by atoms with Crippen LogP contribution in [0.1, 0.15) is 27.0 Å². The molecule has 3 rings (SSSR count). The van der Waals surface area contributed by atoms with Crippen molar-refractivity contribution in [2.75, 3.05) is 13.1 Å². The average molecular weight is 485 g/mol. The van der Waals surface area contributed by atoms with E-state index in [-0.39, 0.29) is 40.7 Å². The zero-order valence-electron chi connectivity index (χ0n) is 15.3. The molecule has 0 unspecified atom stereocenters. The number of benzene rings is 2. The highest BCUT2D eigenvalue weighted by molar-refractivity contribution is 8.13. The van der Waals surface area contributed by atoms with Gasteiger partial charge in [-0.3, -0.25) is 14.7 Å². The number of nitrogens with zero attached hydrogens (tertiary/aromatic N) is 2. The van der Waals surface area contributed by atoms with Crippen molar-refractivity contribution in [2.45, 2.75) is 18.1 Å². The Balaban J connectivity index is 1.87. The van der Waals surface area contributed by atoms with E-state index in [2.05, 4.69) is 4.99 Å². The van der Waals surface area contributed by atoms with Crippen LogP contribution in [0, 0.1) is 5.82 Å². The first-order chi connectivity index (χ1) is 14.4. The van der Waals surface area contributed by atoms with Crippen LogP contribution in [0.3, 0.4) is 0 Å². The fourth-order valence-corrected chi connectivity index (χ4v) is 4.17. The molecule has 0 radical (unpaired) electrons. The van der Waals surface area contributed by atoms with Crippen molar-refractivity contribution in [3.05, 3.63) is 69.5 Å². The molecule has 0 fully saturated rings. The third kappa shape index (κ3) is 5.32. The van der Waals surface area contributed by atoms with Crippen LogP contribution >= 0.6 is 23.4 Å². The Morgan fingerprint density at radius 2 is 1.68 bits per heavy atom. The molecular weight excluding hydrogens is 473 g/mol. The number of alkyl halides is 6. The van der Waals surface area contributed by atoms with Crippen LogP contribution < -0.4 is 0 Å². The summed E-state index contributed by atoms with van der Waals surface area (Å²) in [5, 5.41) is 0.187. The van der Waals surface area contributed by atoms with Crippen molar-refractivity contribution in [1.29, 1.82) is 0 Å². The van der Waals surface area contributed by atoms with Crippen LogP contribution in [0.15, 0.2) is 41.4 Å².